The molecule has 0 radical (unpaired) electrons. The van der Waals surface area contributed by atoms with E-state index in [1.807, 2.05) is 42.2 Å². The third-order valence-corrected chi connectivity index (χ3v) is 7.55. The van der Waals surface area contributed by atoms with Crippen molar-refractivity contribution in [3.63, 3.8) is 0 Å². The SMILES string of the molecule is CC[C@@H]1CSC2=N[C@H](c3ccccn3)[C@@H](c3cc(C)n(-c4cccc(Cl)c4)c3C)N21. The lowest BCUT2D eigenvalue weighted by Gasteiger charge is -2.32. The van der Waals surface area contributed by atoms with Crippen LogP contribution in [0.25, 0.3) is 5.69 Å². The zero-order valence-corrected chi connectivity index (χ0v) is 19.0. The van der Waals surface area contributed by atoms with Crippen LogP contribution in [0.5, 0.6) is 0 Å². The highest BCUT2D eigenvalue weighted by Gasteiger charge is 2.46. The number of thioether (sulfide) groups is 1. The van der Waals surface area contributed by atoms with Gasteiger partial charge in [-0.3, -0.25) is 9.98 Å². The van der Waals surface area contributed by atoms with Gasteiger partial charge in [0.15, 0.2) is 5.17 Å². The van der Waals surface area contributed by atoms with Gasteiger partial charge in [0.1, 0.15) is 6.04 Å². The predicted molar refractivity (Wildman–Crippen MR) is 126 cm³/mol. The molecule has 0 amide bonds. The smallest absolute Gasteiger partial charge is 0.160 e. The molecule has 0 N–H and O–H groups in total. The summed E-state index contributed by atoms with van der Waals surface area (Å²) in [5.74, 6) is 1.10. The van der Waals surface area contributed by atoms with E-state index in [0.29, 0.717) is 6.04 Å². The van der Waals surface area contributed by atoms with Gasteiger partial charge in [-0.15, -0.1) is 0 Å². The van der Waals surface area contributed by atoms with Crippen LogP contribution in [0.3, 0.4) is 0 Å². The van der Waals surface area contributed by atoms with E-state index in [4.69, 9.17) is 16.6 Å². The van der Waals surface area contributed by atoms with Crippen LogP contribution in [0.15, 0.2) is 59.7 Å². The number of fused-ring (bicyclic) bond motifs is 1. The minimum atomic E-state index is 0.0105. The molecule has 0 spiro atoms. The van der Waals surface area contributed by atoms with Gasteiger partial charge in [-0.1, -0.05) is 42.4 Å². The topological polar surface area (TPSA) is 33.4 Å². The first-order valence-corrected chi connectivity index (χ1v) is 11.8. The van der Waals surface area contributed by atoms with Crippen molar-refractivity contribution in [1.29, 1.82) is 0 Å². The Kier molecular flexibility index (Phi) is 5.11. The third kappa shape index (κ3) is 3.15. The summed E-state index contributed by atoms with van der Waals surface area (Å²) in [5, 5.41) is 1.91. The van der Waals surface area contributed by atoms with E-state index in [1.54, 1.807) is 0 Å². The number of pyridine rings is 1. The van der Waals surface area contributed by atoms with E-state index in [-0.39, 0.29) is 12.1 Å². The van der Waals surface area contributed by atoms with Crippen molar-refractivity contribution in [2.75, 3.05) is 5.75 Å². The quantitative estimate of drug-likeness (QED) is 0.493. The van der Waals surface area contributed by atoms with Crippen molar-refractivity contribution in [2.24, 2.45) is 4.99 Å². The molecule has 0 aliphatic carbocycles. The average molecular weight is 437 g/mol. The Morgan fingerprint density at radius 3 is 2.73 bits per heavy atom. The molecule has 4 nitrogen and oxygen atoms in total. The van der Waals surface area contributed by atoms with E-state index >= 15 is 0 Å². The number of hydrogen-bond acceptors (Lipinski definition) is 4. The minimum Gasteiger partial charge on any atom is -0.338 e. The van der Waals surface area contributed by atoms with Crippen molar-refractivity contribution < 1.29 is 0 Å². The first kappa shape index (κ1) is 19.7. The van der Waals surface area contributed by atoms with Crippen molar-refractivity contribution in [3.05, 3.63) is 82.4 Å². The van der Waals surface area contributed by atoms with Gasteiger partial charge in [0.25, 0.3) is 0 Å². The molecule has 0 bridgehead atoms. The number of aryl methyl sites for hydroxylation is 1. The molecule has 1 fully saturated rings. The molecule has 1 aromatic carbocycles. The molecule has 0 saturated carbocycles. The largest absolute Gasteiger partial charge is 0.338 e. The molecule has 0 unspecified atom stereocenters. The number of amidine groups is 1. The predicted octanol–water partition coefficient (Wildman–Crippen LogP) is 6.12. The Morgan fingerprint density at radius 1 is 1.13 bits per heavy atom. The molecular weight excluding hydrogens is 412 g/mol. The Bertz CT molecular complexity index is 1110. The molecule has 5 rings (SSSR count). The molecule has 154 valence electrons. The second kappa shape index (κ2) is 7.78. The van der Waals surface area contributed by atoms with E-state index in [1.165, 1.54) is 17.0 Å². The standard InChI is InChI=1S/C24H25ClN4S/c1-4-18-14-30-24-27-22(21-10-5-6-11-26-21)23(29(18)24)20-12-15(2)28(16(20)3)19-9-7-8-17(25)13-19/h5-13,18,22-23H,4,14H2,1-3H3/t18-,22-,23-/m1/s1. The van der Waals surface area contributed by atoms with Crippen molar-refractivity contribution in [3.8, 4) is 5.69 Å². The van der Waals surface area contributed by atoms with Crippen molar-refractivity contribution in [1.82, 2.24) is 14.5 Å². The number of rotatable bonds is 4. The van der Waals surface area contributed by atoms with Crippen LogP contribution in [0.1, 0.15) is 48.1 Å². The average Bonchev–Trinajstić information content (AvgIpc) is 3.40. The second-order valence-corrected chi connectivity index (χ2v) is 9.40. The van der Waals surface area contributed by atoms with E-state index in [0.717, 1.165) is 33.7 Å². The maximum atomic E-state index is 6.30. The van der Waals surface area contributed by atoms with Crippen LogP contribution in [0.4, 0.5) is 0 Å². The maximum Gasteiger partial charge on any atom is 0.160 e. The highest BCUT2D eigenvalue weighted by Crippen LogP contribution is 2.49. The highest BCUT2D eigenvalue weighted by atomic mass is 35.5. The van der Waals surface area contributed by atoms with Crippen LogP contribution >= 0.6 is 23.4 Å². The number of benzene rings is 1. The van der Waals surface area contributed by atoms with Gasteiger partial charge in [0.2, 0.25) is 0 Å². The van der Waals surface area contributed by atoms with Gasteiger partial charge in [-0.2, -0.15) is 0 Å². The summed E-state index contributed by atoms with van der Waals surface area (Å²) in [5.41, 5.74) is 5.90. The number of aliphatic imine (C=N–C) groups is 1. The minimum absolute atomic E-state index is 0.0105. The maximum absolute atomic E-state index is 6.30. The molecule has 2 aromatic heterocycles. The normalized spacial score (nSPS) is 23.0. The number of hydrogen-bond donors (Lipinski definition) is 0. The van der Waals surface area contributed by atoms with Crippen LogP contribution < -0.4 is 0 Å². The van der Waals surface area contributed by atoms with Gasteiger partial charge in [0.05, 0.1) is 11.7 Å². The van der Waals surface area contributed by atoms with Crippen LogP contribution in [0, 0.1) is 13.8 Å². The molecule has 2 aliphatic rings. The van der Waals surface area contributed by atoms with Gasteiger partial charge < -0.3 is 9.47 Å². The summed E-state index contributed by atoms with van der Waals surface area (Å²) in [4.78, 5) is 12.4. The lowest BCUT2D eigenvalue weighted by atomic mass is 9.95. The Labute approximate surface area is 187 Å². The Hall–Kier alpha value is -2.24. The monoisotopic (exact) mass is 436 g/mol. The number of nitrogens with zero attached hydrogens (tertiary/aromatic N) is 4. The molecule has 2 aliphatic heterocycles. The lowest BCUT2D eigenvalue weighted by molar-refractivity contribution is 0.254. The third-order valence-electron chi connectivity index (χ3n) is 6.18. The second-order valence-electron chi connectivity index (χ2n) is 7.98. The first-order valence-electron chi connectivity index (χ1n) is 10.4. The summed E-state index contributed by atoms with van der Waals surface area (Å²) >= 11 is 8.18. The molecule has 6 heteroatoms. The zero-order valence-electron chi connectivity index (χ0n) is 17.4. The van der Waals surface area contributed by atoms with Gasteiger partial charge in [-0.05, 0) is 62.2 Å². The fourth-order valence-corrected chi connectivity index (χ4v) is 6.31. The fourth-order valence-electron chi connectivity index (χ4n) is 4.79. The Morgan fingerprint density at radius 2 is 2.00 bits per heavy atom. The van der Waals surface area contributed by atoms with E-state index in [2.05, 4.69) is 59.5 Å². The number of halogens is 1. The molecule has 1 saturated heterocycles. The van der Waals surface area contributed by atoms with Crippen LogP contribution in [-0.2, 0) is 0 Å². The number of aromatic nitrogens is 2. The molecule has 3 aromatic rings. The van der Waals surface area contributed by atoms with Gasteiger partial charge >= 0.3 is 0 Å². The van der Waals surface area contributed by atoms with Gasteiger partial charge in [-0.25, -0.2) is 0 Å². The van der Waals surface area contributed by atoms with Crippen molar-refractivity contribution in [2.45, 2.75) is 45.3 Å². The highest BCUT2D eigenvalue weighted by molar-refractivity contribution is 8.14. The fraction of sp³-hybridized carbons (Fsp3) is 0.333. The van der Waals surface area contributed by atoms with Crippen molar-refractivity contribution >= 4 is 28.5 Å². The van der Waals surface area contributed by atoms with E-state index < -0.39 is 0 Å². The summed E-state index contributed by atoms with van der Waals surface area (Å²) in [6.45, 7) is 6.65. The van der Waals surface area contributed by atoms with Crippen LogP contribution in [-0.4, -0.2) is 31.4 Å². The zero-order chi connectivity index (χ0) is 20.8. The van der Waals surface area contributed by atoms with Crippen LogP contribution in [0.2, 0.25) is 5.02 Å². The first-order chi connectivity index (χ1) is 14.6. The molecular formula is C24H25ClN4S. The van der Waals surface area contributed by atoms with E-state index in [9.17, 15) is 0 Å². The van der Waals surface area contributed by atoms with Gasteiger partial charge in [0, 0.05) is 40.1 Å². The summed E-state index contributed by atoms with van der Waals surface area (Å²) < 4.78 is 2.30. The lowest BCUT2D eigenvalue weighted by Crippen LogP contribution is -2.35. The molecule has 4 heterocycles. The summed E-state index contributed by atoms with van der Waals surface area (Å²) in [6.07, 6.45) is 2.99. The molecule has 30 heavy (non-hydrogen) atoms. The molecule has 3 atom stereocenters. The summed E-state index contributed by atoms with van der Waals surface area (Å²) in [6, 6.07) is 17.2. The Balaban J connectivity index is 1.64. The summed E-state index contributed by atoms with van der Waals surface area (Å²) in [7, 11) is 0.